The standard InChI is InChI=1S/C9H18O.C3H8O2/c1-3-8(2)10-9-6-4-5-7-9;1-3(5)2-4/h8-9H,3-7H2,1-2H3;3-5H,2H2,1H3. The highest BCUT2D eigenvalue weighted by Crippen LogP contribution is 2.22. The zero-order chi connectivity index (χ0) is 11.7. The summed E-state index contributed by atoms with van der Waals surface area (Å²) < 4.78 is 5.76. The van der Waals surface area contributed by atoms with Crippen LogP contribution in [0, 0.1) is 0 Å². The van der Waals surface area contributed by atoms with Crippen molar-refractivity contribution in [3.8, 4) is 0 Å². The molecule has 1 saturated carbocycles. The van der Waals surface area contributed by atoms with E-state index in [0.717, 1.165) is 6.42 Å². The Labute approximate surface area is 93.5 Å². The third-order valence-electron chi connectivity index (χ3n) is 2.57. The van der Waals surface area contributed by atoms with E-state index in [-0.39, 0.29) is 6.61 Å². The average Bonchev–Trinajstić information content (AvgIpc) is 2.71. The molecule has 0 amide bonds. The average molecular weight is 218 g/mol. The van der Waals surface area contributed by atoms with Crippen molar-refractivity contribution in [2.24, 2.45) is 0 Å². The molecule has 0 spiro atoms. The van der Waals surface area contributed by atoms with Crippen molar-refractivity contribution in [2.75, 3.05) is 6.61 Å². The summed E-state index contributed by atoms with van der Waals surface area (Å²) in [6.45, 7) is 5.73. The van der Waals surface area contributed by atoms with Crippen LogP contribution in [0.4, 0.5) is 0 Å². The Morgan fingerprint density at radius 2 is 1.73 bits per heavy atom. The monoisotopic (exact) mass is 218 g/mol. The van der Waals surface area contributed by atoms with Crippen molar-refractivity contribution < 1.29 is 14.9 Å². The molecule has 0 bridgehead atoms. The first-order valence-electron chi connectivity index (χ1n) is 6.04. The molecule has 2 unspecified atom stereocenters. The van der Waals surface area contributed by atoms with Crippen molar-refractivity contribution >= 4 is 0 Å². The molecule has 15 heavy (non-hydrogen) atoms. The number of ether oxygens (including phenoxy) is 1. The summed E-state index contributed by atoms with van der Waals surface area (Å²) in [6.07, 6.45) is 7.00. The molecule has 0 radical (unpaired) electrons. The first-order valence-corrected chi connectivity index (χ1v) is 6.04. The van der Waals surface area contributed by atoms with Crippen molar-refractivity contribution in [2.45, 2.75) is 71.2 Å². The lowest BCUT2D eigenvalue weighted by Crippen LogP contribution is -2.15. The second-order valence-corrected chi connectivity index (χ2v) is 4.29. The van der Waals surface area contributed by atoms with Crippen LogP contribution < -0.4 is 0 Å². The first kappa shape index (κ1) is 14.9. The van der Waals surface area contributed by atoms with Crippen LogP contribution in [0.2, 0.25) is 0 Å². The third kappa shape index (κ3) is 8.85. The second kappa shape index (κ2) is 9.13. The Morgan fingerprint density at radius 3 is 2.07 bits per heavy atom. The Hall–Kier alpha value is -0.120. The van der Waals surface area contributed by atoms with Gasteiger partial charge in [0.05, 0.1) is 24.9 Å². The molecule has 1 aliphatic rings. The predicted molar refractivity (Wildman–Crippen MR) is 61.9 cm³/mol. The van der Waals surface area contributed by atoms with Crippen molar-refractivity contribution in [3.63, 3.8) is 0 Å². The molecule has 0 aliphatic heterocycles. The van der Waals surface area contributed by atoms with Gasteiger partial charge in [0.2, 0.25) is 0 Å². The molecule has 0 aromatic rings. The van der Waals surface area contributed by atoms with Gasteiger partial charge in [-0.05, 0) is 33.1 Å². The minimum Gasteiger partial charge on any atom is -0.394 e. The summed E-state index contributed by atoms with van der Waals surface area (Å²) in [6, 6.07) is 0. The van der Waals surface area contributed by atoms with Gasteiger partial charge < -0.3 is 14.9 Å². The lowest BCUT2D eigenvalue weighted by atomic mass is 10.2. The Morgan fingerprint density at radius 1 is 1.27 bits per heavy atom. The molecule has 0 aromatic carbocycles. The van der Waals surface area contributed by atoms with E-state index in [9.17, 15) is 0 Å². The van der Waals surface area contributed by atoms with Gasteiger partial charge in [-0.2, -0.15) is 0 Å². The number of aliphatic hydroxyl groups excluding tert-OH is 2. The topological polar surface area (TPSA) is 49.7 Å². The van der Waals surface area contributed by atoms with Gasteiger partial charge in [-0.1, -0.05) is 19.8 Å². The zero-order valence-corrected chi connectivity index (χ0v) is 10.3. The summed E-state index contributed by atoms with van der Waals surface area (Å²) in [5.41, 5.74) is 0. The molecule has 0 aromatic heterocycles. The molecule has 2 atom stereocenters. The molecule has 0 heterocycles. The van der Waals surface area contributed by atoms with Crippen molar-refractivity contribution in [1.82, 2.24) is 0 Å². The molecule has 0 saturated heterocycles. The van der Waals surface area contributed by atoms with Gasteiger partial charge in [0.1, 0.15) is 0 Å². The number of rotatable bonds is 4. The van der Waals surface area contributed by atoms with Gasteiger partial charge in [-0.25, -0.2) is 0 Å². The van der Waals surface area contributed by atoms with Crippen LogP contribution in [0.1, 0.15) is 52.9 Å². The number of aliphatic hydroxyl groups is 2. The summed E-state index contributed by atoms with van der Waals surface area (Å²) in [5.74, 6) is 0. The Bertz CT molecular complexity index is 131. The first-order chi connectivity index (χ1) is 7.10. The third-order valence-corrected chi connectivity index (χ3v) is 2.57. The normalized spacial score (nSPS) is 20.6. The van der Waals surface area contributed by atoms with Crippen LogP contribution in [-0.4, -0.2) is 35.1 Å². The van der Waals surface area contributed by atoms with Crippen LogP contribution >= 0.6 is 0 Å². The van der Waals surface area contributed by atoms with Gasteiger partial charge in [0, 0.05) is 0 Å². The Balaban J connectivity index is 0.000000336. The number of hydrogen-bond acceptors (Lipinski definition) is 3. The smallest absolute Gasteiger partial charge is 0.0742 e. The second-order valence-electron chi connectivity index (χ2n) is 4.29. The molecule has 1 rings (SSSR count). The van der Waals surface area contributed by atoms with E-state index in [1.54, 1.807) is 0 Å². The van der Waals surface area contributed by atoms with Crippen molar-refractivity contribution in [1.29, 1.82) is 0 Å². The molecule has 3 heteroatoms. The summed E-state index contributed by atoms with van der Waals surface area (Å²) in [4.78, 5) is 0. The highest BCUT2D eigenvalue weighted by atomic mass is 16.5. The van der Waals surface area contributed by atoms with E-state index >= 15 is 0 Å². The van der Waals surface area contributed by atoms with Gasteiger partial charge in [-0.15, -0.1) is 0 Å². The van der Waals surface area contributed by atoms with Crippen LogP contribution in [-0.2, 0) is 4.74 Å². The summed E-state index contributed by atoms with van der Waals surface area (Å²) >= 11 is 0. The van der Waals surface area contributed by atoms with E-state index in [2.05, 4.69) is 13.8 Å². The lowest BCUT2D eigenvalue weighted by molar-refractivity contribution is 0.000759. The summed E-state index contributed by atoms with van der Waals surface area (Å²) in [5, 5.41) is 16.0. The fourth-order valence-electron chi connectivity index (χ4n) is 1.45. The molecule has 2 N–H and O–H groups in total. The molecule has 92 valence electrons. The molecule has 3 nitrogen and oxygen atoms in total. The van der Waals surface area contributed by atoms with Gasteiger partial charge >= 0.3 is 0 Å². The Kier molecular flexibility index (Phi) is 9.06. The van der Waals surface area contributed by atoms with Crippen LogP contribution in [0.25, 0.3) is 0 Å². The maximum absolute atomic E-state index is 8.11. The number of hydrogen-bond donors (Lipinski definition) is 2. The predicted octanol–water partition coefficient (Wildman–Crippen LogP) is 2.10. The fourth-order valence-corrected chi connectivity index (χ4v) is 1.45. The van der Waals surface area contributed by atoms with Gasteiger partial charge in [0.15, 0.2) is 0 Å². The zero-order valence-electron chi connectivity index (χ0n) is 10.3. The van der Waals surface area contributed by atoms with Crippen LogP contribution in [0.15, 0.2) is 0 Å². The molecule has 1 aliphatic carbocycles. The highest BCUT2D eigenvalue weighted by molar-refractivity contribution is 4.67. The van der Waals surface area contributed by atoms with E-state index in [0.29, 0.717) is 12.2 Å². The largest absolute Gasteiger partial charge is 0.394 e. The fraction of sp³-hybridized carbons (Fsp3) is 1.00. The maximum Gasteiger partial charge on any atom is 0.0742 e. The maximum atomic E-state index is 8.11. The van der Waals surface area contributed by atoms with Gasteiger partial charge in [-0.3, -0.25) is 0 Å². The van der Waals surface area contributed by atoms with Crippen molar-refractivity contribution in [3.05, 3.63) is 0 Å². The minimum atomic E-state index is -0.560. The lowest BCUT2D eigenvalue weighted by Gasteiger charge is -2.16. The highest BCUT2D eigenvalue weighted by Gasteiger charge is 2.16. The van der Waals surface area contributed by atoms with E-state index < -0.39 is 6.10 Å². The summed E-state index contributed by atoms with van der Waals surface area (Å²) in [7, 11) is 0. The van der Waals surface area contributed by atoms with Gasteiger partial charge in [0.25, 0.3) is 0 Å². The SMILES string of the molecule is CC(O)CO.CCC(C)OC1CCCC1. The van der Waals surface area contributed by atoms with Crippen LogP contribution in [0.5, 0.6) is 0 Å². The van der Waals surface area contributed by atoms with E-state index in [1.807, 2.05) is 0 Å². The quantitative estimate of drug-likeness (QED) is 0.759. The molecular weight excluding hydrogens is 192 g/mol. The molecular formula is C12H26O3. The molecule has 1 fully saturated rings. The van der Waals surface area contributed by atoms with E-state index in [1.165, 1.54) is 32.6 Å². The van der Waals surface area contributed by atoms with E-state index in [4.69, 9.17) is 14.9 Å². The minimum absolute atomic E-state index is 0.139. The van der Waals surface area contributed by atoms with Crippen LogP contribution in [0.3, 0.4) is 0 Å².